The van der Waals surface area contributed by atoms with E-state index >= 15 is 0 Å². The number of nitrogens with zero attached hydrogens (tertiary/aromatic N) is 2. The average Bonchev–Trinajstić information content (AvgIpc) is 3.14. The summed E-state index contributed by atoms with van der Waals surface area (Å²) in [7, 11) is 1.93. The smallest absolute Gasteiger partial charge is 0.239 e. The second-order valence-corrected chi connectivity index (χ2v) is 9.40. The third kappa shape index (κ3) is 4.88. The molecule has 34 heavy (non-hydrogen) atoms. The Morgan fingerprint density at radius 1 is 1.09 bits per heavy atom. The summed E-state index contributed by atoms with van der Waals surface area (Å²) in [6.45, 7) is 14.2. The number of piperidine rings is 1. The zero-order valence-corrected chi connectivity index (χ0v) is 22.1. The quantitative estimate of drug-likeness (QED) is 0.639. The second kappa shape index (κ2) is 11.4. The lowest BCUT2D eigenvalue weighted by Crippen LogP contribution is -2.48. The zero-order valence-electron chi connectivity index (χ0n) is 22.1. The molecule has 2 amide bonds. The van der Waals surface area contributed by atoms with E-state index in [1.807, 2.05) is 70.9 Å². The Bertz CT molecular complexity index is 912. The van der Waals surface area contributed by atoms with Gasteiger partial charge in [-0.25, -0.2) is 0 Å². The number of rotatable bonds is 2. The molecule has 4 heterocycles. The van der Waals surface area contributed by atoms with Gasteiger partial charge in [-0.2, -0.15) is 0 Å². The van der Waals surface area contributed by atoms with Gasteiger partial charge in [0.1, 0.15) is 11.9 Å². The number of nitrogens with one attached hydrogen (secondary N) is 1. The van der Waals surface area contributed by atoms with Gasteiger partial charge < -0.3 is 15.0 Å². The standard InChI is InChI=1S/C24H31N3O3.2C2H6/c1-14-13-27-11-5-4-6-19(27)24(29)26(3)20(14)12-18-16-9-10-21-17(8-7-15(2)30-21)22(16)25-23(18)28;2*1-2/h7-10,14-15,18-20H,4-6,11-13H2,1-3H3,(H,25,28);2*1-2H3. The van der Waals surface area contributed by atoms with Crippen LogP contribution >= 0.6 is 0 Å². The Morgan fingerprint density at radius 3 is 2.56 bits per heavy atom. The molecule has 5 atom stereocenters. The van der Waals surface area contributed by atoms with Gasteiger partial charge in [0.15, 0.2) is 0 Å². The molecule has 0 saturated carbocycles. The van der Waals surface area contributed by atoms with E-state index in [0.717, 1.165) is 48.5 Å². The number of hydrogen-bond donors (Lipinski definition) is 1. The van der Waals surface area contributed by atoms with Crippen molar-refractivity contribution >= 4 is 23.6 Å². The highest BCUT2D eigenvalue weighted by Gasteiger charge is 2.43. The lowest BCUT2D eigenvalue weighted by atomic mass is 9.86. The number of likely N-dealkylation sites (N-methyl/N-ethyl adjacent to an activating group) is 1. The van der Waals surface area contributed by atoms with Crippen LogP contribution < -0.4 is 10.1 Å². The summed E-state index contributed by atoms with van der Waals surface area (Å²) in [5.74, 6) is 1.15. The molecular weight excluding hydrogens is 426 g/mol. The largest absolute Gasteiger partial charge is 0.486 e. The molecule has 1 aromatic carbocycles. The van der Waals surface area contributed by atoms with Crippen molar-refractivity contribution in [3.05, 3.63) is 29.3 Å². The van der Waals surface area contributed by atoms with Crippen molar-refractivity contribution < 1.29 is 14.3 Å². The number of carbonyl (C=O) groups excluding carboxylic acids is 2. The number of fused-ring (bicyclic) bond motifs is 4. The fraction of sp³-hybridized carbons (Fsp3) is 0.643. The molecule has 0 spiro atoms. The fourth-order valence-electron chi connectivity index (χ4n) is 5.77. The summed E-state index contributed by atoms with van der Waals surface area (Å²) in [6, 6.07) is 4.06. The van der Waals surface area contributed by atoms with Crippen LogP contribution in [0.1, 0.15) is 84.3 Å². The minimum atomic E-state index is -0.240. The number of amides is 2. The van der Waals surface area contributed by atoms with E-state index in [0.29, 0.717) is 12.3 Å². The number of benzene rings is 1. The molecule has 4 aliphatic heterocycles. The number of anilines is 1. The maximum Gasteiger partial charge on any atom is 0.239 e. The molecule has 0 aromatic heterocycles. The predicted molar refractivity (Wildman–Crippen MR) is 139 cm³/mol. The summed E-state index contributed by atoms with van der Waals surface area (Å²) in [6.07, 6.45) is 7.99. The molecule has 5 rings (SSSR count). The van der Waals surface area contributed by atoms with E-state index in [4.69, 9.17) is 4.74 Å². The first-order chi connectivity index (χ1) is 16.4. The second-order valence-electron chi connectivity index (χ2n) is 9.40. The Labute approximate surface area is 205 Å². The normalized spacial score (nSPS) is 29.7. The lowest BCUT2D eigenvalue weighted by molar-refractivity contribution is -0.137. The van der Waals surface area contributed by atoms with Gasteiger partial charge in [-0.05, 0) is 62.4 Å². The first kappa shape index (κ1) is 26.3. The SMILES string of the molecule is CC.CC.CC1C=Cc2c(ccc3c2NC(=O)C3CC2C(C)CN3CCCCC3C(=O)N2C)O1. The van der Waals surface area contributed by atoms with Crippen molar-refractivity contribution in [1.82, 2.24) is 9.80 Å². The molecule has 2 fully saturated rings. The van der Waals surface area contributed by atoms with E-state index in [-0.39, 0.29) is 35.9 Å². The van der Waals surface area contributed by atoms with Gasteiger partial charge >= 0.3 is 0 Å². The van der Waals surface area contributed by atoms with Crippen molar-refractivity contribution in [1.29, 1.82) is 0 Å². The Hall–Kier alpha value is -2.34. The minimum absolute atomic E-state index is 0.0113. The van der Waals surface area contributed by atoms with Gasteiger partial charge in [-0.15, -0.1) is 0 Å². The molecule has 6 nitrogen and oxygen atoms in total. The molecule has 0 radical (unpaired) electrons. The van der Waals surface area contributed by atoms with Gasteiger partial charge in [0.2, 0.25) is 11.8 Å². The predicted octanol–water partition coefficient (Wildman–Crippen LogP) is 5.29. The van der Waals surface area contributed by atoms with Gasteiger partial charge in [-0.3, -0.25) is 14.5 Å². The average molecular weight is 470 g/mol. The van der Waals surface area contributed by atoms with Crippen molar-refractivity contribution in [2.24, 2.45) is 5.92 Å². The summed E-state index contributed by atoms with van der Waals surface area (Å²) >= 11 is 0. The molecule has 6 heteroatoms. The Balaban J connectivity index is 0.000000771. The molecule has 188 valence electrons. The van der Waals surface area contributed by atoms with Crippen LogP contribution in [-0.4, -0.2) is 59.9 Å². The third-order valence-corrected chi connectivity index (χ3v) is 7.42. The maximum absolute atomic E-state index is 13.2. The molecule has 2 saturated heterocycles. The maximum atomic E-state index is 13.2. The monoisotopic (exact) mass is 469 g/mol. The van der Waals surface area contributed by atoms with Crippen LogP contribution in [0.3, 0.4) is 0 Å². The van der Waals surface area contributed by atoms with E-state index < -0.39 is 0 Å². The first-order valence-corrected chi connectivity index (χ1v) is 13.3. The molecular formula is C28H43N3O3. The third-order valence-electron chi connectivity index (χ3n) is 7.42. The van der Waals surface area contributed by atoms with E-state index in [1.54, 1.807) is 0 Å². The molecule has 1 aromatic rings. The minimum Gasteiger partial charge on any atom is -0.486 e. The lowest BCUT2D eigenvalue weighted by Gasteiger charge is -2.34. The molecule has 0 bridgehead atoms. The van der Waals surface area contributed by atoms with Crippen LogP contribution in [-0.2, 0) is 9.59 Å². The van der Waals surface area contributed by atoms with Gasteiger partial charge in [0, 0.05) is 25.2 Å². The van der Waals surface area contributed by atoms with Crippen LogP contribution in [0, 0.1) is 5.92 Å². The van der Waals surface area contributed by atoms with Crippen molar-refractivity contribution in [2.45, 2.75) is 91.3 Å². The van der Waals surface area contributed by atoms with E-state index in [1.165, 1.54) is 6.42 Å². The Morgan fingerprint density at radius 2 is 1.82 bits per heavy atom. The van der Waals surface area contributed by atoms with Crippen LogP contribution in [0.2, 0.25) is 0 Å². The first-order valence-electron chi connectivity index (χ1n) is 13.3. The van der Waals surface area contributed by atoms with Crippen LogP contribution in [0.15, 0.2) is 18.2 Å². The highest BCUT2D eigenvalue weighted by molar-refractivity contribution is 6.05. The highest BCUT2D eigenvalue weighted by Crippen LogP contribution is 2.44. The van der Waals surface area contributed by atoms with Crippen molar-refractivity contribution in [2.75, 3.05) is 25.5 Å². The van der Waals surface area contributed by atoms with Crippen LogP contribution in [0.4, 0.5) is 5.69 Å². The topological polar surface area (TPSA) is 61.9 Å². The molecule has 1 N–H and O–H groups in total. The summed E-state index contributed by atoms with van der Waals surface area (Å²) in [5, 5.41) is 3.10. The number of hydrogen-bond acceptors (Lipinski definition) is 4. The molecule has 5 unspecified atom stereocenters. The zero-order chi connectivity index (χ0) is 25.0. The number of carbonyl (C=O) groups is 2. The summed E-state index contributed by atoms with van der Waals surface area (Å²) in [4.78, 5) is 30.5. The van der Waals surface area contributed by atoms with Crippen molar-refractivity contribution in [3.8, 4) is 5.75 Å². The van der Waals surface area contributed by atoms with Gasteiger partial charge in [0.25, 0.3) is 0 Å². The summed E-state index contributed by atoms with van der Waals surface area (Å²) in [5.41, 5.74) is 2.85. The van der Waals surface area contributed by atoms with E-state index in [9.17, 15) is 9.59 Å². The fourth-order valence-corrected chi connectivity index (χ4v) is 5.77. The highest BCUT2D eigenvalue weighted by atomic mass is 16.5. The van der Waals surface area contributed by atoms with Gasteiger partial charge in [-0.1, -0.05) is 47.1 Å². The van der Waals surface area contributed by atoms with Crippen LogP contribution in [0.25, 0.3) is 6.08 Å². The molecule has 4 aliphatic rings. The van der Waals surface area contributed by atoms with Crippen LogP contribution in [0.5, 0.6) is 5.75 Å². The van der Waals surface area contributed by atoms with Gasteiger partial charge in [0.05, 0.1) is 17.6 Å². The molecule has 0 aliphatic carbocycles. The number of ether oxygens (including phenoxy) is 1. The summed E-state index contributed by atoms with van der Waals surface area (Å²) < 4.78 is 5.90. The van der Waals surface area contributed by atoms with E-state index in [2.05, 4.69) is 17.1 Å². The Kier molecular flexibility index (Phi) is 8.80. The van der Waals surface area contributed by atoms with Crippen molar-refractivity contribution in [3.63, 3.8) is 0 Å².